The second kappa shape index (κ2) is 8.33. The monoisotopic (exact) mass is 354 g/mol. The van der Waals surface area contributed by atoms with Crippen molar-refractivity contribution >= 4 is 17.9 Å². The summed E-state index contributed by atoms with van der Waals surface area (Å²) in [6.07, 6.45) is 6.82. The van der Waals surface area contributed by atoms with Gasteiger partial charge in [0.1, 0.15) is 11.5 Å². The van der Waals surface area contributed by atoms with Gasteiger partial charge in [-0.25, -0.2) is 9.97 Å². The molecule has 7 heteroatoms. The number of aromatic nitrogens is 2. The zero-order chi connectivity index (χ0) is 18.4. The molecule has 26 heavy (non-hydrogen) atoms. The number of hydrogen-bond donors (Lipinski definition) is 0. The van der Waals surface area contributed by atoms with Crippen LogP contribution >= 0.6 is 0 Å². The molecule has 0 bridgehead atoms. The molecule has 1 aromatic heterocycles. The van der Waals surface area contributed by atoms with E-state index in [0.29, 0.717) is 30.5 Å². The Balaban J connectivity index is 1.60. The Labute approximate surface area is 152 Å². The lowest BCUT2D eigenvalue weighted by molar-refractivity contribution is -0.126. The lowest BCUT2D eigenvalue weighted by atomic mass is 10.2. The maximum absolute atomic E-state index is 12.5. The van der Waals surface area contributed by atoms with Crippen molar-refractivity contribution in [2.45, 2.75) is 0 Å². The summed E-state index contributed by atoms with van der Waals surface area (Å²) in [6, 6.07) is 7.31. The molecule has 1 aliphatic heterocycles. The first-order valence-corrected chi connectivity index (χ1v) is 8.41. The Morgan fingerprint density at radius 2 is 1.62 bits per heavy atom. The Morgan fingerprint density at radius 3 is 2.19 bits per heavy atom. The van der Waals surface area contributed by atoms with Crippen molar-refractivity contribution in [3.8, 4) is 11.5 Å². The molecule has 7 nitrogen and oxygen atoms in total. The van der Waals surface area contributed by atoms with Gasteiger partial charge in [-0.3, -0.25) is 4.79 Å². The third-order valence-electron chi connectivity index (χ3n) is 4.22. The summed E-state index contributed by atoms with van der Waals surface area (Å²) in [5.74, 6) is 2.07. The molecular formula is C19H22N4O3. The Hall–Kier alpha value is -3.09. The van der Waals surface area contributed by atoms with Crippen LogP contribution in [-0.4, -0.2) is 61.2 Å². The van der Waals surface area contributed by atoms with Gasteiger partial charge in [0.2, 0.25) is 11.9 Å². The molecule has 1 saturated heterocycles. The third-order valence-corrected chi connectivity index (χ3v) is 4.22. The van der Waals surface area contributed by atoms with Gasteiger partial charge in [-0.05, 0) is 29.8 Å². The number of ether oxygens (including phenoxy) is 2. The number of hydrogen-bond acceptors (Lipinski definition) is 6. The van der Waals surface area contributed by atoms with Gasteiger partial charge in [-0.15, -0.1) is 0 Å². The van der Waals surface area contributed by atoms with E-state index >= 15 is 0 Å². The van der Waals surface area contributed by atoms with Crippen LogP contribution in [0.4, 0.5) is 5.95 Å². The van der Waals surface area contributed by atoms with Gasteiger partial charge in [0.15, 0.2) is 0 Å². The van der Waals surface area contributed by atoms with Gasteiger partial charge in [0.25, 0.3) is 0 Å². The molecule has 1 aliphatic rings. The zero-order valence-corrected chi connectivity index (χ0v) is 15.0. The van der Waals surface area contributed by atoms with Crippen LogP contribution in [0.3, 0.4) is 0 Å². The van der Waals surface area contributed by atoms with Crippen molar-refractivity contribution in [3.63, 3.8) is 0 Å². The van der Waals surface area contributed by atoms with Crippen molar-refractivity contribution in [2.24, 2.45) is 0 Å². The van der Waals surface area contributed by atoms with Gasteiger partial charge >= 0.3 is 0 Å². The second-order valence-electron chi connectivity index (χ2n) is 5.84. The first-order valence-electron chi connectivity index (χ1n) is 8.41. The number of rotatable bonds is 5. The van der Waals surface area contributed by atoms with Gasteiger partial charge in [0, 0.05) is 50.7 Å². The van der Waals surface area contributed by atoms with Crippen LogP contribution < -0.4 is 14.4 Å². The van der Waals surface area contributed by atoms with E-state index in [1.165, 1.54) is 0 Å². The fourth-order valence-corrected chi connectivity index (χ4v) is 2.78. The molecule has 2 heterocycles. The van der Waals surface area contributed by atoms with E-state index < -0.39 is 0 Å². The number of nitrogens with zero attached hydrogens (tertiary/aromatic N) is 4. The number of amides is 1. The molecule has 1 aromatic carbocycles. The third kappa shape index (κ3) is 4.30. The number of carbonyl (C=O) groups excluding carboxylic acids is 1. The number of anilines is 1. The Morgan fingerprint density at radius 1 is 1.00 bits per heavy atom. The molecule has 1 amide bonds. The molecule has 136 valence electrons. The topological polar surface area (TPSA) is 67.8 Å². The molecule has 0 spiro atoms. The van der Waals surface area contributed by atoms with E-state index in [1.54, 1.807) is 50.9 Å². The highest BCUT2D eigenvalue weighted by Crippen LogP contribution is 2.23. The quantitative estimate of drug-likeness (QED) is 0.764. The van der Waals surface area contributed by atoms with Crippen LogP contribution in [-0.2, 0) is 4.79 Å². The molecular weight excluding hydrogens is 332 g/mol. The highest BCUT2D eigenvalue weighted by Gasteiger charge is 2.20. The maximum Gasteiger partial charge on any atom is 0.246 e. The molecule has 1 fully saturated rings. The van der Waals surface area contributed by atoms with Crippen LogP contribution in [0.25, 0.3) is 6.08 Å². The van der Waals surface area contributed by atoms with Crippen LogP contribution in [0.1, 0.15) is 5.56 Å². The zero-order valence-electron chi connectivity index (χ0n) is 15.0. The fourth-order valence-electron chi connectivity index (χ4n) is 2.78. The molecule has 0 saturated carbocycles. The summed E-state index contributed by atoms with van der Waals surface area (Å²) in [5.41, 5.74) is 0.853. The first-order chi connectivity index (χ1) is 12.7. The van der Waals surface area contributed by atoms with Gasteiger partial charge in [0.05, 0.1) is 14.2 Å². The van der Waals surface area contributed by atoms with Crippen LogP contribution in [0.2, 0.25) is 0 Å². The van der Waals surface area contributed by atoms with E-state index in [1.807, 2.05) is 17.0 Å². The highest BCUT2D eigenvalue weighted by molar-refractivity contribution is 5.92. The van der Waals surface area contributed by atoms with Crippen LogP contribution in [0, 0.1) is 0 Å². The summed E-state index contributed by atoms with van der Waals surface area (Å²) < 4.78 is 10.5. The molecule has 0 unspecified atom stereocenters. The minimum absolute atomic E-state index is 0.0135. The molecule has 0 radical (unpaired) electrons. The van der Waals surface area contributed by atoms with Gasteiger partial charge in [-0.2, -0.15) is 0 Å². The molecule has 3 rings (SSSR count). The van der Waals surface area contributed by atoms with Crippen molar-refractivity contribution in [1.82, 2.24) is 14.9 Å². The lowest BCUT2D eigenvalue weighted by Crippen LogP contribution is -2.48. The van der Waals surface area contributed by atoms with Crippen molar-refractivity contribution in [1.29, 1.82) is 0 Å². The normalized spacial score (nSPS) is 14.5. The summed E-state index contributed by atoms with van der Waals surface area (Å²) in [4.78, 5) is 24.9. The molecule has 0 atom stereocenters. The van der Waals surface area contributed by atoms with E-state index in [-0.39, 0.29) is 5.91 Å². The minimum atomic E-state index is -0.0135. The number of carbonyl (C=O) groups is 1. The van der Waals surface area contributed by atoms with Gasteiger partial charge < -0.3 is 19.3 Å². The van der Waals surface area contributed by atoms with Crippen molar-refractivity contribution in [3.05, 3.63) is 48.3 Å². The second-order valence-corrected chi connectivity index (χ2v) is 5.84. The maximum atomic E-state index is 12.5. The standard InChI is InChI=1S/C19H22N4O3/c1-25-16-12-15(13-17(14-16)26-2)4-5-18(24)22-8-10-23(11-9-22)19-20-6-3-7-21-19/h3-7,12-14H,8-11H2,1-2H3/b5-4+. The smallest absolute Gasteiger partial charge is 0.246 e. The van der Waals surface area contributed by atoms with E-state index in [2.05, 4.69) is 14.9 Å². The van der Waals surface area contributed by atoms with Crippen molar-refractivity contribution in [2.75, 3.05) is 45.3 Å². The van der Waals surface area contributed by atoms with Crippen LogP contribution in [0.15, 0.2) is 42.7 Å². The molecule has 0 N–H and O–H groups in total. The number of methoxy groups -OCH3 is 2. The fraction of sp³-hybridized carbons (Fsp3) is 0.316. The Bertz CT molecular complexity index is 749. The largest absolute Gasteiger partial charge is 0.497 e. The average molecular weight is 354 g/mol. The predicted octanol–water partition coefficient (Wildman–Crippen LogP) is 1.86. The molecule has 0 aliphatic carbocycles. The summed E-state index contributed by atoms with van der Waals surface area (Å²) >= 11 is 0. The SMILES string of the molecule is COc1cc(/C=C/C(=O)N2CCN(c3ncccn3)CC2)cc(OC)c1. The minimum Gasteiger partial charge on any atom is -0.497 e. The lowest BCUT2D eigenvalue weighted by Gasteiger charge is -2.34. The summed E-state index contributed by atoms with van der Waals surface area (Å²) in [7, 11) is 3.20. The summed E-state index contributed by atoms with van der Waals surface area (Å²) in [6.45, 7) is 2.72. The highest BCUT2D eigenvalue weighted by atomic mass is 16.5. The number of benzene rings is 1. The Kier molecular flexibility index (Phi) is 5.68. The average Bonchev–Trinajstić information content (AvgIpc) is 2.72. The van der Waals surface area contributed by atoms with Gasteiger partial charge in [-0.1, -0.05) is 0 Å². The van der Waals surface area contributed by atoms with E-state index in [0.717, 1.165) is 18.7 Å². The predicted molar refractivity (Wildman–Crippen MR) is 99.4 cm³/mol. The van der Waals surface area contributed by atoms with Crippen molar-refractivity contribution < 1.29 is 14.3 Å². The van der Waals surface area contributed by atoms with E-state index in [4.69, 9.17) is 9.47 Å². The number of piperazine rings is 1. The first kappa shape index (κ1) is 17.7. The molecule has 2 aromatic rings. The summed E-state index contributed by atoms with van der Waals surface area (Å²) in [5, 5.41) is 0. The van der Waals surface area contributed by atoms with E-state index in [9.17, 15) is 4.79 Å². The van der Waals surface area contributed by atoms with Crippen LogP contribution in [0.5, 0.6) is 11.5 Å².